The molecule has 4 heteroatoms. The predicted octanol–water partition coefficient (Wildman–Crippen LogP) is 5.63. The highest BCUT2D eigenvalue weighted by Gasteiger charge is 2.08. The van der Waals surface area contributed by atoms with Gasteiger partial charge in [0.1, 0.15) is 5.82 Å². The molecular weight excluding hydrogens is 334 g/mol. The summed E-state index contributed by atoms with van der Waals surface area (Å²) in [5.74, 6) is 0.691. The fourth-order valence-corrected chi connectivity index (χ4v) is 2.77. The molecule has 0 aliphatic heterocycles. The van der Waals surface area contributed by atoms with Gasteiger partial charge < -0.3 is 10.3 Å². The van der Waals surface area contributed by atoms with E-state index in [4.69, 9.17) is 0 Å². The van der Waals surface area contributed by atoms with Gasteiger partial charge in [0.05, 0.1) is 11.9 Å². The molecule has 4 aromatic rings. The van der Waals surface area contributed by atoms with Crippen molar-refractivity contribution in [2.24, 2.45) is 0 Å². The SMILES string of the molecule is C.O=C(Nc1cccc(-c2cnc(-c3ccccc3)[nH]2)c1)c1ccccc1. The van der Waals surface area contributed by atoms with Gasteiger partial charge in [-0.05, 0) is 24.3 Å². The standard InChI is InChI=1S/C22H17N3O.CH4/c26-22(17-10-5-2-6-11-17)24-19-13-7-12-18(14-19)20-15-23-21(25-20)16-8-3-1-4-9-16;/h1-15H,(H,23,25)(H,24,26);1H4. The van der Waals surface area contributed by atoms with Crippen molar-refractivity contribution in [2.75, 3.05) is 5.32 Å². The van der Waals surface area contributed by atoms with Crippen molar-refractivity contribution in [3.8, 4) is 22.6 Å². The van der Waals surface area contributed by atoms with Gasteiger partial charge in [0.2, 0.25) is 0 Å². The Morgan fingerprint density at radius 3 is 2.22 bits per heavy atom. The lowest BCUT2D eigenvalue weighted by Crippen LogP contribution is -2.11. The van der Waals surface area contributed by atoms with E-state index < -0.39 is 0 Å². The van der Waals surface area contributed by atoms with Crippen molar-refractivity contribution in [3.05, 3.63) is 96.7 Å². The minimum Gasteiger partial charge on any atom is -0.338 e. The van der Waals surface area contributed by atoms with Crippen molar-refractivity contribution < 1.29 is 4.79 Å². The van der Waals surface area contributed by atoms with E-state index in [1.807, 2.05) is 72.8 Å². The lowest BCUT2D eigenvalue weighted by molar-refractivity contribution is 0.102. The zero-order valence-electron chi connectivity index (χ0n) is 14.0. The van der Waals surface area contributed by atoms with E-state index in [0.717, 1.165) is 28.3 Å². The van der Waals surface area contributed by atoms with E-state index in [1.165, 1.54) is 0 Å². The highest BCUT2D eigenvalue weighted by Crippen LogP contribution is 2.24. The molecule has 0 saturated carbocycles. The van der Waals surface area contributed by atoms with Gasteiger partial charge in [-0.15, -0.1) is 0 Å². The number of aromatic nitrogens is 2. The number of imidazole rings is 1. The lowest BCUT2D eigenvalue weighted by atomic mass is 10.1. The molecule has 0 aliphatic carbocycles. The Balaban J connectivity index is 0.00000210. The minimum atomic E-state index is -0.127. The van der Waals surface area contributed by atoms with Gasteiger partial charge in [-0.1, -0.05) is 68.1 Å². The van der Waals surface area contributed by atoms with Crippen molar-refractivity contribution in [1.29, 1.82) is 0 Å². The predicted molar refractivity (Wildman–Crippen MR) is 111 cm³/mol. The number of rotatable bonds is 4. The third-order valence-corrected chi connectivity index (χ3v) is 4.09. The van der Waals surface area contributed by atoms with Crippen LogP contribution in [0.5, 0.6) is 0 Å². The third-order valence-electron chi connectivity index (χ3n) is 4.09. The van der Waals surface area contributed by atoms with E-state index in [2.05, 4.69) is 15.3 Å². The number of H-pyrrole nitrogens is 1. The maximum absolute atomic E-state index is 12.3. The molecule has 4 nitrogen and oxygen atoms in total. The zero-order chi connectivity index (χ0) is 17.8. The first-order valence-electron chi connectivity index (χ1n) is 8.37. The first kappa shape index (κ1) is 18.1. The number of nitrogens with one attached hydrogen (secondary N) is 2. The third kappa shape index (κ3) is 4.12. The Hall–Kier alpha value is -3.66. The summed E-state index contributed by atoms with van der Waals surface area (Å²) in [7, 11) is 0. The molecule has 0 saturated heterocycles. The van der Waals surface area contributed by atoms with Gasteiger partial charge in [0.25, 0.3) is 5.91 Å². The quantitative estimate of drug-likeness (QED) is 0.498. The average molecular weight is 355 g/mol. The van der Waals surface area contributed by atoms with E-state index in [0.29, 0.717) is 5.56 Å². The Morgan fingerprint density at radius 2 is 1.48 bits per heavy atom. The van der Waals surface area contributed by atoms with Crippen LogP contribution in [0.1, 0.15) is 17.8 Å². The summed E-state index contributed by atoms with van der Waals surface area (Å²) in [5.41, 5.74) is 4.27. The van der Waals surface area contributed by atoms with E-state index in [9.17, 15) is 4.79 Å². The van der Waals surface area contributed by atoms with Gasteiger partial charge >= 0.3 is 0 Å². The van der Waals surface area contributed by atoms with Crippen LogP contribution < -0.4 is 5.32 Å². The molecule has 0 atom stereocenters. The molecule has 4 rings (SSSR count). The van der Waals surface area contributed by atoms with Crippen LogP contribution in [-0.2, 0) is 0 Å². The van der Waals surface area contributed by atoms with Crippen LogP contribution in [0.3, 0.4) is 0 Å². The first-order chi connectivity index (χ1) is 12.8. The number of hydrogen-bond acceptors (Lipinski definition) is 2. The molecule has 27 heavy (non-hydrogen) atoms. The van der Waals surface area contributed by atoms with Gasteiger partial charge in [-0.2, -0.15) is 0 Å². The highest BCUT2D eigenvalue weighted by atomic mass is 16.1. The number of nitrogens with zero attached hydrogens (tertiary/aromatic N) is 1. The second-order valence-electron chi connectivity index (χ2n) is 5.91. The van der Waals surface area contributed by atoms with Gasteiger partial charge in [0.15, 0.2) is 0 Å². The summed E-state index contributed by atoms with van der Waals surface area (Å²) in [6, 6.07) is 26.9. The largest absolute Gasteiger partial charge is 0.338 e. The number of aromatic amines is 1. The smallest absolute Gasteiger partial charge is 0.255 e. The summed E-state index contributed by atoms with van der Waals surface area (Å²) in [4.78, 5) is 20.1. The normalized spacial score (nSPS) is 10.1. The first-order valence-corrected chi connectivity index (χ1v) is 8.37. The van der Waals surface area contributed by atoms with Gasteiger partial charge in [-0.25, -0.2) is 4.98 Å². The highest BCUT2D eigenvalue weighted by molar-refractivity contribution is 6.04. The molecule has 1 amide bonds. The molecule has 0 unspecified atom stereocenters. The lowest BCUT2D eigenvalue weighted by Gasteiger charge is -2.07. The second-order valence-corrected chi connectivity index (χ2v) is 5.91. The molecule has 134 valence electrons. The average Bonchev–Trinajstić information content (AvgIpc) is 3.20. The van der Waals surface area contributed by atoms with Crippen molar-refractivity contribution >= 4 is 11.6 Å². The monoisotopic (exact) mass is 355 g/mol. The van der Waals surface area contributed by atoms with Crippen LogP contribution in [0, 0.1) is 0 Å². The molecule has 1 heterocycles. The molecule has 3 aromatic carbocycles. The topological polar surface area (TPSA) is 57.8 Å². The number of carbonyl (C=O) groups is 1. The summed E-state index contributed by atoms with van der Waals surface area (Å²) < 4.78 is 0. The summed E-state index contributed by atoms with van der Waals surface area (Å²) in [6.45, 7) is 0. The van der Waals surface area contributed by atoms with Crippen LogP contribution in [0.15, 0.2) is 91.1 Å². The molecule has 0 aliphatic rings. The summed E-state index contributed by atoms with van der Waals surface area (Å²) >= 11 is 0. The molecular formula is C23H21N3O. The van der Waals surface area contributed by atoms with Crippen molar-refractivity contribution in [1.82, 2.24) is 9.97 Å². The summed E-state index contributed by atoms with van der Waals surface area (Å²) in [6.07, 6.45) is 1.81. The van der Waals surface area contributed by atoms with Crippen molar-refractivity contribution in [3.63, 3.8) is 0 Å². The van der Waals surface area contributed by atoms with Crippen LogP contribution in [0.2, 0.25) is 0 Å². The van der Waals surface area contributed by atoms with Crippen LogP contribution in [-0.4, -0.2) is 15.9 Å². The Kier molecular flexibility index (Phi) is 5.47. The molecule has 1 aromatic heterocycles. The van der Waals surface area contributed by atoms with E-state index >= 15 is 0 Å². The number of hydrogen-bond donors (Lipinski definition) is 2. The molecule has 0 radical (unpaired) electrons. The Morgan fingerprint density at radius 1 is 0.815 bits per heavy atom. The second kappa shape index (κ2) is 8.15. The Labute approximate surface area is 158 Å². The van der Waals surface area contributed by atoms with Crippen LogP contribution >= 0.6 is 0 Å². The maximum atomic E-state index is 12.3. The Bertz CT molecular complexity index is 1020. The number of benzene rings is 3. The number of carbonyl (C=O) groups excluding carboxylic acids is 1. The number of anilines is 1. The van der Waals surface area contributed by atoms with E-state index in [1.54, 1.807) is 18.3 Å². The summed E-state index contributed by atoms with van der Waals surface area (Å²) in [5, 5.41) is 2.93. The molecule has 0 bridgehead atoms. The zero-order valence-corrected chi connectivity index (χ0v) is 14.0. The van der Waals surface area contributed by atoms with Gasteiger partial charge in [-0.3, -0.25) is 4.79 Å². The van der Waals surface area contributed by atoms with Crippen LogP contribution in [0.25, 0.3) is 22.6 Å². The van der Waals surface area contributed by atoms with Crippen molar-refractivity contribution in [2.45, 2.75) is 7.43 Å². The number of amides is 1. The van der Waals surface area contributed by atoms with E-state index in [-0.39, 0.29) is 13.3 Å². The van der Waals surface area contributed by atoms with Gasteiger partial charge in [0, 0.05) is 22.4 Å². The maximum Gasteiger partial charge on any atom is 0.255 e. The molecule has 2 N–H and O–H groups in total. The fourth-order valence-electron chi connectivity index (χ4n) is 2.77. The minimum absolute atomic E-state index is 0. The molecule has 0 spiro atoms. The fraction of sp³-hybridized carbons (Fsp3) is 0.0435. The molecule has 0 fully saturated rings. The van der Waals surface area contributed by atoms with Crippen LogP contribution in [0.4, 0.5) is 5.69 Å².